The monoisotopic (exact) mass is 1360 g/mol. The van der Waals surface area contributed by atoms with Crippen molar-refractivity contribution in [2.45, 2.75) is 256 Å². The summed E-state index contributed by atoms with van der Waals surface area (Å²) >= 11 is 0. The van der Waals surface area contributed by atoms with Crippen LogP contribution in [0.5, 0.6) is 0 Å². The van der Waals surface area contributed by atoms with Gasteiger partial charge in [0.25, 0.3) is 5.89 Å². The van der Waals surface area contributed by atoms with Crippen molar-refractivity contribution < 1.29 is 48.9 Å². The molecule has 98 heavy (non-hydrogen) atoms. The predicted octanol–water partition coefficient (Wildman–Crippen LogP) is 19.4. The number of aromatic nitrogens is 16. The molecule has 11 aromatic rings. The first-order valence-corrected chi connectivity index (χ1v) is 33.4. The maximum absolute atomic E-state index is 12.5. The molecule has 10 heterocycles. The first-order valence-electron chi connectivity index (χ1n) is 33.4. The van der Waals surface area contributed by atoms with E-state index < -0.39 is 11.8 Å². The van der Waals surface area contributed by atoms with Crippen LogP contribution in [0.2, 0.25) is 0 Å². The molecule has 0 radical (unpaired) electrons. The Kier molecular flexibility index (Phi) is 31.3. The molecular formula is C71H100F2N16O9. The van der Waals surface area contributed by atoms with Gasteiger partial charge in [0.2, 0.25) is 58.8 Å². The third-order valence-corrected chi connectivity index (χ3v) is 13.5. The second kappa shape index (κ2) is 38.6. The Labute approximate surface area is 573 Å². The number of nitrogens with zero attached hydrogens (tertiary/aromatic N) is 16. The number of halogens is 2. The molecule has 532 valence electrons. The van der Waals surface area contributed by atoms with E-state index >= 15 is 0 Å². The van der Waals surface area contributed by atoms with Crippen molar-refractivity contribution in [2.24, 2.45) is 0 Å². The van der Waals surface area contributed by atoms with E-state index in [0.29, 0.717) is 100 Å². The molecule has 0 spiro atoms. The van der Waals surface area contributed by atoms with Crippen molar-refractivity contribution in [3.05, 3.63) is 167 Å². The Hall–Kier alpha value is -9.30. The van der Waals surface area contributed by atoms with E-state index in [2.05, 4.69) is 137 Å². The minimum absolute atomic E-state index is 0.0198. The number of alkyl halides is 2. The summed E-state index contributed by atoms with van der Waals surface area (Å²) in [5, 5.41) is 41.3. The number of hydrogen-bond acceptors (Lipinski definition) is 25. The molecule has 0 amide bonds. The Balaban J connectivity index is 0.000000200. The van der Waals surface area contributed by atoms with E-state index in [9.17, 15) is 8.78 Å². The zero-order chi connectivity index (χ0) is 72.4. The highest BCUT2D eigenvalue weighted by Crippen LogP contribution is 2.40. The molecule has 25 nitrogen and oxygen atoms in total. The molecule has 0 atom stereocenters. The fourth-order valence-electron chi connectivity index (χ4n) is 7.40. The first kappa shape index (κ1) is 79.4. The summed E-state index contributed by atoms with van der Waals surface area (Å²) in [6.45, 7) is 44.4. The van der Waals surface area contributed by atoms with E-state index in [1.165, 1.54) is 25.7 Å². The average molecular weight is 1360 g/mol. The molecule has 2 saturated carbocycles. The highest BCUT2D eigenvalue weighted by atomic mass is 19.3. The maximum atomic E-state index is 12.5. The zero-order valence-corrected chi connectivity index (χ0v) is 61.2. The Morgan fingerprint density at radius 3 is 1.26 bits per heavy atom. The van der Waals surface area contributed by atoms with Crippen LogP contribution in [-0.2, 0) is 5.92 Å². The van der Waals surface area contributed by atoms with Crippen LogP contribution in [0.4, 0.5) is 8.78 Å². The summed E-state index contributed by atoms with van der Waals surface area (Å²) in [5.74, 6) is 10.3. The van der Waals surface area contributed by atoms with Crippen molar-refractivity contribution in [2.75, 3.05) is 0 Å². The van der Waals surface area contributed by atoms with Crippen LogP contribution in [0.25, 0.3) is 22.8 Å². The van der Waals surface area contributed by atoms with Crippen molar-refractivity contribution in [1.82, 2.24) is 81.2 Å². The molecule has 0 bridgehead atoms. The van der Waals surface area contributed by atoms with Gasteiger partial charge >= 0.3 is 5.92 Å². The number of rotatable bonds is 14. The molecule has 10 aromatic heterocycles. The van der Waals surface area contributed by atoms with Crippen LogP contribution < -0.4 is 0 Å². The van der Waals surface area contributed by atoms with Gasteiger partial charge in [-0.1, -0.05) is 176 Å². The lowest BCUT2D eigenvalue weighted by Gasteiger charge is -2.02. The van der Waals surface area contributed by atoms with Crippen LogP contribution in [-0.4, -0.2) is 81.2 Å². The minimum Gasteiger partial charge on any atom is -0.448 e. The fourth-order valence-corrected chi connectivity index (χ4v) is 7.40. The lowest BCUT2D eigenvalue weighted by Crippen LogP contribution is -2.06. The van der Waals surface area contributed by atoms with Gasteiger partial charge in [-0.3, -0.25) is 4.98 Å². The van der Waals surface area contributed by atoms with Gasteiger partial charge in [-0.25, -0.2) is 9.97 Å². The Morgan fingerprint density at radius 2 is 0.898 bits per heavy atom. The summed E-state index contributed by atoms with van der Waals surface area (Å²) in [7, 11) is 0. The van der Waals surface area contributed by atoms with Gasteiger partial charge in [0.05, 0.1) is 11.4 Å². The maximum Gasteiger partial charge on any atom is 0.321 e. The van der Waals surface area contributed by atoms with Gasteiger partial charge in [0, 0.05) is 104 Å². The second-order valence-corrected chi connectivity index (χ2v) is 26.3. The third-order valence-electron chi connectivity index (χ3n) is 13.5. The molecular weight excluding hydrogens is 1260 g/mol. The zero-order valence-electron chi connectivity index (χ0n) is 61.2. The Bertz CT molecular complexity index is 3580. The van der Waals surface area contributed by atoms with Gasteiger partial charge < -0.3 is 40.1 Å². The van der Waals surface area contributed by atoms with Crippen LogP contribution in [0.1, 0.15) is 316 Å². The lowest BCUT2D eigenvalue weighted by molar-refractivity contribution is -0.0121. The second-order valence-electron chi connectivity index (χ2n) is 26.3. The topological polar surface area (TPSA) is 324 Å². The standard InChI is InChI=1S/C12H13NO.C10H11N3O.C9H13NO.C8H12N2O.C7H10F2N2O.C7H11NO.3C6H10N2O/c1-9(2)12-8-11(13-14-12)10-6-4-3-5-7-10;1-7(2)10-12-9(13-14-10)8-5-3-4-6-11-8;1-6(2)9-10-8(5-11-9)7-3-4-7;1-5(2)7-9-10-8(11-7)6-3-4-6;1-4(2)5-10-11-6(12-5)7(3,8)9;1-5(2)7-8-6(3)4-9-7;2*1-4(2)6-8-7-5(3)9-6;1-4(2)6-7-5(3)8-9-6/h3-9H,1-2H3;3-7H,1-2H3;5-7H,3-4H2,1-2H3;5-6H,3-4H2,1-2H3;4H,1-3H3;4-5H,1-3H3;3*4H,1-3H3. The SMILES string of the molecule is CC(C)c1cc(-c2ccccc2)no1.CC(C)c1nc(-c2ccccn2)no1.CC(C)c1nc(C2CC2)co1.CC(C)c1nnc(C(C)(F)F)o1.CC(C)c1nnc(C2CC2)o1.Cc1coc(C(C)C)n1.Cc1nnc(C(C)C)o1.Cc1nnc(C(C)C)o1.Cc1noc(C(C)C)n1. The fraction of sp³-hybridized carbons (Fsp3) is 0.549. The minimum atomic E-state index is -3.04. The van der Waals surface area contributed by atoms with Crippen LogP contribution in [0.3, 0.4) is 0 Å². The third kappa shape index (κ3) is 27.7. The van der Waals surface area contributed by atoms with Gasteiger partial charge in [-0.05, 0) is 51.7 Å². The van der Waals surface area contributed by atoms with Crippen LogP contribution in [0, 0.1) is 27.7 Å². The van der Waals surface area contributed by atoms with E-state index in [4.69, 9.17) is 40.1 Å². The molecule has 0 N–H and O–H groups in total. The van der Waals surface area contributed by atoms with Gasteiger partial charge in [-0.2, -0.15) is 18.7 Å². The van der Waals surface area contributed by atoms with Crippen molar-refractivity contribution in [1.29, 1.82) is 0 Å². The van der Waals surface area contributed by atoms with Crippen molar-refractivity contribution >= 4 is 0 Å². The molecule has 13 rings (SSSR count). The summed E-state index contributed by atoms with van der Waals surface area (Å²) < 4.78 is 71.1. The summed E-state index contributed by atoms with van der Waals surface area (Å²) in [6, 6.07) is 17.7. The normalized spacial score (nSPS) is 12.5. The summed E-state index contributed by atoms with van der Waals surface area (Å²) in [4.78, 5) is 21.0. The smallest absolute Gasteiger partial charge is 0.321 e. The van der Waals surface area contributed by atoms with Crippen molar-refractivity contribution in [3.8, 4) is 22.8 Å². The number of hydrogen-bond donors (Lipinski definition) is 0. The molecule has 1 aromatic carbocycles. The van der Waals surface area contributed by atoms with E-state index in [-0.39, 0.29) is 17.7 Å². The largest absolute Gasteiger partial charge is 0.448 e. The predicted molar refractivity (Wildman–Crippen MR) is 363 cm³/mol. The first-order chi connectivity index (χ1) is 46.3. The van der Waals surface area contributed by atoms with Gasteiger partial charge in [0.15, 0.2) is 17.6 Å². The molecule has 0 saturated heterocycles. The van der Waals surface area contributed by atoms with E-state index in [0.717, 1.165) is 64.6 Å². The number of oxazole rings is 2. The number of benzene rings is 1. The highest BCUT2D eigenvalue weighted by molar-refractivity contribution is 5.58. The quantitative estimate of drug-likeness (QED) is 0.0976. The summed E-state index contributed by atoms with van der Waals surface area (Å²) in [6.07, 6.45) is 10.2. The van der Waals surface area contributed by atoms with Crippen LogP contribution >= 0.6 is 0 Å². The molecule has 2 aliphatic rings. The average Bonchev–Trinajstić information content (AvgIpc) is 1.70. The summed E-state index contributed by atoms with van der Waals surface area (Å²) in [5.41, 5.74) is 4.87. The van der Waals surface area contributed by atoms with E-state index in [1.54, 1.807) is 40.2 Å². The van der Waals surface area contributed by atoms with Crippen LogP contribution in [0.15, 0.2) is 113 Å². The van der Waals surface area contributed by atoms with Gasteiger partial charge in [0.1, 0.15) is 29.7 Å². The molecule has 0 unspecified atom stereocenters. The molecule has 0 aliphatic heterocycles. The number of pyridine rings is 1. The molecule has 27 heteroatoms. The lowest BCUT2D eigenvalue weighted by atomic mass is 10.1. The molecule has 2 fully saturated rings. The Morgan fingerprint density at radius 1 is 0.418 bits per heavy atom. The highest BCUT2D eigenvalue weighted by Gasteiger charge is 2.32. The van der Waals surface area contributed by atoms with E-state index in [1.807, 2.05) is 130 Å². The number of aryl methyl sites for hydroxylation is 4. The molecule has 2 aliphatic carbocycles. The van der Waals surface area contributed by atoms with Crippen molar-refractivity contribution in [3.63, 3.8) is 0 Å². The van der Waals surface area contributed by atoms with Gasteiger partial charge in [-0.15, -0.1) is 40.8 Å².